The van der Waals surface area contributed by atoms with Crippen molar-refractivity contribution in [3.05, 3.63) is 0 Å². The standard InChI is InChI=1S/C25H48O/c1-3-5-6-10-21-13-17-23(18-14-21)24-19-15-22(16-20-24)11-7-8-12-25(26)9-4-2/h21-26H,3-20H2,1-2H3. The van der Waals surface area contributed by atoms with Gasteiger partial charge in [-0.3, -0.25) is 0 Å². The lowest BCUT2D eigenvalue weighted by atomic mass is 9.68. The maximum atomic E-state index is 9.84. The van der Waals surface area contributed by atoms with Gasteiger partial charge >= 0.3 is 0 Å². The average Bonchev–Trinajstić information content (AvgIpc) is 2.67. The van der Waals surface area contributed by atoms with Crippen molar-refractivity contribution in [2.24, 2.45) is 23.7 Å². The monoisotopic (exact) mass is 364 g/mol. The van der Waals surface area contributed by atoms with E-state index in [1.807, 2.05) is 0 Å². The molecule has 1 heteroatoms. The first-order valence-electron chi connectivity index (χ1n) is 12.4. The van der Waals surface area contributed by atoms with Gasteiger partial charge in [0.1, 0.15) is 0 Å². The van der Waals surface area contributed by atoms with Gasteiger partial charge in [-0.25, -0.2) is 0 Å². The van der Waals surface area contributed by atoms with Crippen molar-refractivity contribution >= 4 is 0 Å². The van der Waals surface area contributed by atoms with Crippen molar-refractivity contribution < 1.29 is 5.11 Å². The summed E-state index contributed by atoms with van der Waals surface area (Å²) in [5.41, 5.74) is 0. The molecule has 2 aliphatic carbocycles. The Hall–Kier alpha value is -0.0400. The molecule has 1 unspecified atom stereocenters. The molecule has 1 atom stereocenters. The van der Waals surface area contributed by atoms with Crippen LogP contribution in [-0.4, -0.2) is 11.2 Å². The van der Waals surface area contributed by atoms with Crippen molar-refractivity contribution in [1.82, 2.24) is 0 Å². The first-order chi connectivity index (χ1) is 12.7. The van der Waals surface area contributed by atoms with Crippen LogP contribution in [-0.2, 0) is 0 Å². The van der Waals surface area contributed by atoms with Crippen molar-refractivity contribution in [2.75, 3.05) is 0 Å². The molecule has 0 aliphatic heterocycles. The van der Waals surface area contributed by atoms with Crippen molar-refractivity contribution in [2.45, 2.75) is 136 Å². The Morgan fingerprint density at radius 2 is 1.12 bits per heavy atom. The third-order valence-electron chi connectivity index (χ3n) is 7.69. The molecule has 2 aliphatic rings. The molecular weight excluding hydrogens is 316 g/mol. The number of hydrogen-bond donors (Lipinski definition) is 1. The average molecular weight is 365 g/mol. The second kappa shape index (κ2) is 13.2. The van der Waals surface area contributed by atoms with Gasteiger partial charge < -0.3 is 5.11 Å². The van der Waals surface area contributed by atoms with Gasteiger partial charge in [0.05, 0.1) is 6.10 Å². The van der Waals surface area contributed by atoms with Gasteiger partial charge in [-0.2, -0.15) is 0 Å². The smallest absolute Gasteiger partial charge is 0.0540 e. The highest BCUT2D eigenvalue weighted by atomic mass is 16.3. The summed E-state index contributed by atoms with van der Waals surface area (Å²) in [4.78, 5) is 0. The molecule has 0 spiro atoms. The lowest BCUT2D eigenvalue weighted by Crippen LogP contribution is -2.26. The Morgan fingerprint density at radius 1 is 0.615 bits per heavy atom. The van der Waals surface area contributed by atoms with E-state index in [2.05, 4.69) is 13.8 Å². The molecule has 2 saturated carbocycles. The Labute approximate surface area is 164 Å². The summed E-state index contributed by atoms with van der Waals surface area (Å²) in [5, 5.41) is 9.84. The molecule has 1 N–H and O–H groups in total. The summed E-state index contributed by atoms with van der Waals surface area (Å²) in [6.45, 7) is 4.49. The van der Waals surface area contributed by atoms with Gasteiger partial charge in [0.15, 0.2) is 0 Å². The number of rotatable bonds is 12. The predicted octanol–water partition coefficient (Wildman–Crippen LogP) is 7.90. The third kappa shape index (κ3) is 8.32. The van der Waals surface area contributed by atoms with Crippen LogP contribution in [0.2, 0.25) is 0 Å². The van der Waals surface area contributed by atoms with E-state index in [1.54, 1.807) is 12.8 Å². The SMILES string of the molecule is CCCCCC1CCC(C2CCC(CCCCC(O)CCC)CC2)CC1. The molecule has 0 aromatic carbocycles. The maximum Gasteiger partial charge on any atom is 0.0540 e. The molecule has 0 amide bonds. The third-order valence-corrected chi connectivity index (χ3v) is 7.69. The van der Waals surface area contributed by atoms with Crippen LogP contribution in [0, 0.1) is 23.7 Å². The predicted molar refractivity (Wildman–Crippen MR) is 114 cm³/mol. The summed E-state index contributed by atoms with van der Waals surface area (Å²) in [6.07, 6.45) is 25.1. The first kappa shape index (κ1) is 22.3. The molecule has 2 fully saturated rings. The fraction of sp³-hybridized carbons (Fsp3) is 1.00. The zero-order valence-electron chi connectivity index (χ0n) is 18.1. The molecular formula is C25H48O. The molecule has 0 aromatic heterocycles. The van der Waals surface area contributed by atoms with Crippen LogP contribution < -0.4 is 0 Å². The summed E-state index contributed by atoms with van der Waals surface area (Å²) < 4.78 is 0. The quantitative estimate of drug-likeness (QED) is 0.349. The summed E-state index contributed by atoms with van der Waals surface area (Å²) in [7, 11) is 0. The molecule has 0 aromatic rings. The van der Waals surface area contributed by atoms with E-state index in [0.29, 0.717) is 0 Å². The Kier molecular flexibility index (Phi) is 11.3. The molecule has 0 heterocycles. The van der Waals surface area contributed by atoms with E-state index in [-0.39, 0.29) is 6.10 Å². The molecule has 26 heavy (non-hydrogen) atoms. The number of unbranched alkanes of at least 4 members (excludes halogenated alkanes) is 3. The maximum absolute atomic E-state index is 9.84. The highest BCUT2D eigenvalue weighted by Crippen LogP contribution is 2.43. The Balaban J connectivity index is 1.52. The summed E-state index contributed by atoms with van der Waals surface area (Å²) in [6, 6.07) is 0. The van der Waals surface area contributed by atoms with E-state index >= 15 is 0 Å². The van der Waals surface area contributed by atoms with Crippen LogP contribution >= 0.6 is 0 Å². The van der Waals surface area contributed by atoms with Crippen LogP contribution in [0.1, 0.15) is 129 Å². The molecule has 154 valence electrons. The fourth-order valence-electron chi connectivity index (χ4n) is 5.87. The van der Waals surface area contributed by atoms with E-state index in [9.17, 15) is 5.11 Å². The Morgan fingerprint density at radius 3 is 1.58 bits per heavy atom. The van der Waals surface area contributed by atoms with Crippen LogP contribution in [0.3, 0.4) is 0 Å². The fourth-order valence-corrected chi connectivity index (χ4v) is 5.87. The Bertz CT molecular complexity index is 323. The molecule has 0 radical (unpaired) electrons. The normalized spacial score (nSPS) is 31.0. The van der Waals surface area contributed by atoms with Crippen molar-refractivity contribution in [3.8, 4) is 0 Å². The summed E-state index contributed by atoms with van der Waals surface area (Å²) >= 11 is 0. The van der Waals surface area contributed by atoms with Gasteiger partial charge in [0.2, 0.25) is 0 Å². The van der Waals surface area contributed by atoms with Gasteiger partial charge in [0, 0.05) is 0 Å². The largest absolute Gasteiger partial charge is 0.393 e. The van der Waals surface area contributed by atoms with Gasteiger partial charge in [-0.05, 0) is 62.2 Å². The first-order valence-corrected chi connectivity index (χ1v) is 12.4. The molecule has 0 bridgehead atoms. The zero-order valence-corrected chi connectivity index (χ0v) is 18.1. The van der Waals surface area contributed by atoms with Gasteiger partial charge in [0.25, 0.3) is 0 Å². The van der Waals surface area contributed by atoms with Crippen LogP contribution in [0.4, 0.5) is 0 Å². The highest BCUT2D eigenvalue weighted by Gasteiger charge is 2.30. The molecule has 2 rings (SSSR count). The van der Waals surface area contributed by atoms with Crippen LogP contribution in [0.5, 0.6) is 0 Å². The minimum Gasteiger partial charge on any atom is -0.393 e. The summed E-state index contributed by atoms with van der Waals surface area (Å²) in [5.74, 6) is 4.20. The number of aliphatic hydroxyl groups excluding tert-OH is 1. The van der Waals surface area contributed by atoms with E-state index in [0.717, 1.165) is 42.9 Å². The molecule has 0 saturated heterocycles. The van der Waals surface area contributed by atoms with Crippen LogP contribution in [0.15, 0.2) is 0 Å². The lowest BCUT2D eigenvalue weighted by Gasteiger charge is -2.38. The van der Waals surface area contributed by atoms with Crippen molar-refractivity contribution in [3.63, 3.8) is 0 Å². The van der Waals surface area contributed by atoms with Gasteiger partial charge in [-0.15, -0.1) is 0 Å². The second-order valence-corrected chi connectivity index (χ2v) is 9.78. The van der Waals surface area contributed by atoms with Crippen molar-refractivity contribution in [1.29, 1.82) is 0 Å². The molecule has 1 nitrogen and oxygen atoms in total. The topological polar surface area (TPSA) is 20.2 Å². The van der Waals surface area contributed by atoms with E-state index < -0.39 is 0 Å². The second-order valence-electron chi connectivity index (χ2n) is 9.78. The minimum atomic E-state index is -0.0344. The lowest BCUT2D eigenvalue weighted by molar-refractivity contribution is 0.135. The highest BCUT2D eigenvalue weighted by molar-refractivity contribution is 4.82. The van der Waals surface area contributed by atoms with Gasteiger partial charge in [-0.1, -0.05) is 90.9 Å². The van der Waals surface area contributed by atoms with E-state index in [4.69, 9.17) is 0 Å². The number of hydrogen-bond acceptors (Lipinski definition) is 1. The number of aliphatic hydroxyl groups is 1. The minimum absolute atomic E-state index is 0.0344. The zero-order chi connectivity index (χ0) is 18.6. The van der Waals surface area contributed by atoms with Crippen LogP contribution in [0.25, 0.3) is 0 Å². The van der Waals surface area contributed by atoms with E-state index in [1.165, 1.54) is 83.5 Å².